The standard InChI is InChI=1S/C25H29N3O2/c1-4-14-27(20-11-8-18(9-12-20)17(2)3)24(29)19-10-13-21-22(16-19)26-23-7-5-6-15-28(23)25(21)30/h8-13,16-17H,4-7,14-15H2,1-3H3. The lowest BCUT2D eigenvalue weighted by Crippen LogP contribution is -2.32. The van der Waals surface area contributed by atoms with Crippen LogP contribution in [0.15, 0.2) is 47.3 Å². The van der Waals surface area contributed by atoms with Crippen molar-refractivity contribution in [1.82, 2.24) is 9.55 Å². The summed E-state index contributed by atoms with van der Waals surface area (Å²) in [5.74, 6) is 1.22. The molecule has 1 aliphatic heterocycles. The summed E-state index contributed by atoms with van der Waals surface area (Å²) in [6.45, 7) is 7.76. The average Bonchev–Trinajstić information content (AvgIpc) is 2.77. The number of hydrogen-bond acceptors (Lipinski definition) is 3. The Balaban J connectivity index is 1.71. The summed E-state index contributed by atoms with van der Waals surface area (Å²) in [5, 5.41) is 0.584. The molecule has 0 bridgehead atoms. The minimum absolute atomic E-state index is 0.00314. The zero-order chi connectivity index (χ0) is 21.3. The van der Waals surface area contributed by atoms with Gasteiger partial charge in [-0.2, -0.15) is 0 Å². The lowest BCUT2D eigenvalue weighted by Gasteiger charge is -2.23. The predicted molar refractivity (Wildman–Crippen MR) is 121 cm³/mol. The number of nitrogens with zero attached hydrogens (tertiary/aromatic N) is 3. The Morgan fingerprint density at radius 1 is 1.13 bits per heavy atom. The molecule has 3 aromatic rings. The Labute approximate surface area is 177 Å². The van der Waals surface area contributed by atoms with E-state index in [9.17, 15) is 9.59 Å². The molecular formula is C25H29N3O2. The second-order valence-electron chi connectivity index (χ2n) is 8.38. The Bertz CT molecular complexity index is 1130. The third-order valence-corrected chi connectivity index (χ3v) is 5.88. The van der Waals surface area contributed by atoms with Crippen LogP contribution in [0.5, 0.6) is 0 Å². The predicted octanol–water partition coefficient (Wildman–Crippen LogP) is 4.91. The van der Waals surface area contributed by atoms with E-state index >= 15 is 0 Å². The lowest BCUT2D eigenvalue weighted by atomic mass is 10.0. The molecule has 5 heteroatoms. The zero-order valence-electron chi connectivity index (χ0n) is 18.0. The topological polar surface area (TPSA) is 55.2 Å². The molecule has 0 saturated carbocycles. The van der Waals surface area contributed by atoms with Gasteiger partial charge in [-0.3, -0.25) is 14.2 Å². The number of carbonyl (C=O) groups excluding carboxylic acids is 1. The van der Waals surface area contributed by atoms with Gasteiger partial charge in [-0.25, -0.2) is 4.98 Å². The molecule has 2 aromatic carbocycles. The summed E-state index contributed by atoms with van der Waals surface area (Å²) in [5.41, 5.74) is 3.33. The summed E-state index contributed by atoms with van der Waals surface area (Å²) < 4.78 is 1.78. The molecule has 0 unspecified atom stereocenters. The van der Waals surface area contributed by atoms with Gasteiger partial charge in [-0.15, -0.1) is 0 Å². The number of amides is 1. The number of carbonyl (C=O) groups is 1. The molecule has 156 valence electrons. The molecule has 1 aliphatic rings. The van der Waals surface area contributed by atoms with E-state index in [0.717, 1.165) is 43.7 Å². The van der Waals surface area contributed by atoms with E-state index < -0.39 is 0 Å². The van der Waals surface area contributed by atoms with Crippen LogP contribution in [0.25, 0.3) is 10.9 Å². The van der Waals surface area contributed by atoms with Gasteiger partial charge in [0.15, 0.2) is 0 Å². The molecular weight excluding hydrogens is 374 g/mol. The quantitative estimate of drug-likeness (QED) is 0.608. The second-order valence-corrected chi connectivity index (χ2v) is 8.38. The van der Waals surface area contributed by atoms with Crippen molar-refractivity contribution in [3.05, 3.63) is 69.8 Å². The van der Waals surface area contributed by atoms with Crippen molar-refractivity contribution >= 4 is 22.5 Å². The third-order valence-electron chi connectivity index (χ3n) is 5.88. The van der Waals surface area contributed by atoms with Crippen LogP contribution in [-0.4, -0.2) is 22.0 Å². The van der Waals surface area contributed by atoms with Crippen LogP contribution in [0.4, 0.5) is 5.69 Å². The van der Waals surface area contributed by atoms with Crippen LogP contribution in [0, 0.1) is 0 Å². The highest BCUT2D eigenvalue weighted by Crippen LogP contribution is 2.23. The van der Waals surface area contributed by atoms with Crippen molar-refractivity contribution in [1.29, 1.82) is 0 Å². The molecule has 0 spiro atoms. The SMILES string of the molecule is CCCN(C(=O)c1ccc2c(=O)n3c(nc2c1)CCCC3)c1ccc(C(C)C)cc1. The second kappa shape index (κ2) is 8.42. The van der Waals surface area contributed by atoms with Crippen LogP contribution >= 0.6 is 0 Å². The van der Waals surface area contributed by atoms with E-state index in [1.807, 2.05) is 17.0 Å². The maximum Gasteiger partial charge on any atom is 0.261 e. The molecule has 0 N–H and O–H groups in total. The number of aryl methyl sites for hydroxylation is 1. The Hall–Kier alpha value is -2.95. The monoisotopic (exact) mass is 403 g/mol. The smallest absolute Gasteiger partial charge is 0.261 e. The van der Waals surface area contributed by atoms with Gasteiger partial charge in [-0.05, 0) is 61.1 Å². The van der Waals surface area contributed by atoms with Gasteiger partial charge in [0.1, 0.15) is 5.82 Å². The summed E-state index contributed by atoms with van der Waals surface area (Å²) in [6, 6.07) is 13.5. The van der Waals surface area contributed by atoms with Crippen LogP contribution in [-0.2, 0) is 13.0 Å². The number of anilines is 1. The fourth-order valence-corrected chi connectivity index (χ4v) is 4.14. The maximum absolute atomic E-state index is 13.4. The molecule has 0 radical (unpaired) electrons. The van der Waals surface area contributed by atoms with Crippen molar-refractivity contribution in [3.8, 4) is 0 Å². The molecule has 4 rings (SSSR count). The van der Waals surface area contributed by atoms with E-state index in [1.165, 1.54) is 5.56 Å². The number of rotatable bonds is 5. The molecule has 30 heavy (non-hydrogen) atoms. The molecule has 0 atom stereocenters. The summed E-state index contributed by atoms with van der Waals surface area (Å²) >= 11 is 0. The first-order valence-corrected chi connectivity index (χ1v) is 10.9. The highest BCUT2D eigenvalue weighted by Gasteiger charge is 2.20. The van der Waals surface area contributed by atoms with Gasteiger partial charge in [0.05, 0.1) is 10.9 Å². The maximum atomic E-state index is 13.4. The van der Waals surface area contributed by atoms with Gasteiger partial charge >= 0.3 is 0 Å². The van der Waals surface area contributed by atoms with E-state index in [4.69, 9.17) is 4.98 Å². The zero-order valence-corrected chi connectivity index (χ0v) is 18.0. The molecule has 1 aromatic heterocycles. The average molecular weight is 404 g/mol. The van der Waals surface area contributed by atoms with E-state index in [1.54, 1.807) is 22.8 Å². The molecule has 0 fully saturated rings. The lowest BCUT2D eigenvalue weighted by molar-refractivity contribution is 0.0987. The van der Waals surface area contributed by atoms with Gasteiger partial charge in [0.25, 0.3) is 11.5 Å². The van der Waals surface area contributed by atoms with Crippen LogP contribution in [0.2, 0.25) is 0 Å². The van der Waals surface area contributed by atoms with Crippen LogP contribution in [0.1, 0.15) is 67.7 Å². The third kappa shape index (κ3) is 3.76. The molecule has 0 aliphatic carbocycles. The fraction of sp³-hybridized carbons (Fsp3) is 0.400. The van der Waals surface area contributed by atoms with Gasteiger partial charge in [-0.1, -0.05) is 32.9 Å². The van der Waals surface area contributed by atoms with Crippen LogP contribution in [0.3, 0.4) is 0 Å². The largest absolute Gasteiger partial charge is 0.308 e. The van der Waals surface area contributed by atoms with E-state index in [2.05, 4.69) is 32.9 Å². The first kappa shape index (κ1) is 20.3. The van der Waals surface area contributed by atoms with E-state index in [0.29, 0.717) is 28.9 Å². The molecule has 2 heterocycles. The summed E-state index contributed by atoms with van der Waals surface area (Å²) in [7, 11) is 0. The van der Waals surface area contributed by atoms with Crippen molar-refractivity contribution in [2.24, 2.45) is 0 Å². The summed E-state index contributed by atoms with van der Waals surface area (Å²) in [4.78, 5) is 32.7. The van der Waals surface area contributed by atoms with Crippen molar-refractivity contribution in [2.45, 2.75) is 58.9 Å². The number of hydrogen-bond donors (Lipinski definition) is 0. The van der Waals surface area contributed by atoms with Crippen molar-refractivity contribution in [2.75, 3.05) is 11.4 Å². The Morgan fingerprint density at radius 3 is 2.60 bits per heavy atom. The first-order valence-electron chi connectivity index (χ1n) is 10.9. The van der Waals surface area contributed by atoms with E-state index in [-0.39, 0.29) is 11.5 Å². The molecule has 1 amide bonds. The summed E-state index contributed by atoms with van der Waals surface area (Å²) in [6.07, 6.45) is 3.73. The highest BCUT2D eigenvalue weighted by molar-refractivity contribution is 6.07. The normalized spacial score (nSPS) is 13.5. The number of fused-ring (bicyclic) bond motifs is 2. The van der Waals surface area contributed by atoms with Gasteiger partial charge in [0.2, 0.25) is 0 Å². The molecule has 0 saturated heterocycles. The Kier molecular flexibility index (Phi) is 5.71. The number of aromatic nitrogens is 2. The first-order chi connectivity index (χ1) is 14.5. The van der Waals surface area contributed by atoms with Crippen molar-refractivity contribution < 1.29 is 4.79 Å². The van der Waals surface area contributed by atoms with Gasteiger partial charge < -0.3 is 4.90 Å². The Morgan fingerprint density at radius 2 is 1.90 bits per heavy atom. The minimum Gasteiger partial charge on any atom is -0.308 e. The van der Waals surface area contributed by atoms with Gasteiger partial charge in [0, 0.05) is 30.8 Å². The van der Waals surface area contributed by atoms with Crippen LogP contribution < -0.4 is 10.5 Å². The van der Waals surface area contributed by atoms with Crippen molar-refractivity contribution in [3.63, 3.8) is 0 Å². The minimum atomic E-state index is -0.0596. The fourth-order valence-electron chi connectivity index (χ4n) is 4.14. The highest BCUT2D eigenvalue weighted by atomic mass is 16.2. The molecule has 5 nitrogen and oxygen atoms in total. The number of benzene rings is 2.